The number of ether oxygens (including phenoxy) is 1. The first-order valence-corrected chi connectivity index (χ1v) is 7.10. The summed E-state index contributed by atoms with van der Waals surface area (Å²) in [7, 11) is 1.35. The summed E-state index contributed by atoms with van der Waals surface area (Å²) in [6, 6.07) is 4.87. The van der Waals surface area contributed by atoms with Crippen LogP contribution in [0.1, 0.15) is 18.1 Å². The third kappa shape index (κ3) is 6.42. The maximum atomic E-state index is 12.7. The second kappa shape index (κ2) is 8.69. The van der Waals surface area contributed by atoms with E-state index in [1.807, 2.05) is 6.92 Å². The molecule has 0 saturated heterocycles. The highest BCUT2D eigenvalue weighted by atomic mass is 19.4. The molecule has 0 aliphatic heterocycles. The van der Waals surface area contributed by atoms with Gasteiger partial charge in [0, 0.05) is 26.6 Å². The SMILES string of the molecule is CO[C@@H](Cc1cccc(C(F)(F)F)c1)C(=O)NC/C(C)=C/CN. The van der Waals surface area contributed by atoms with Crippen LogP contribution in [0.25, 0.3) is 0 Å². The number of rotatable bonds is 7. The monoisotopic (exact) mass is 330 g/mol. The second-order valence-electron chi connectivity index (χ2n) is 5.13. The predicted molar refractivity (Wildman–Crippen MR) is 81.8 cm³/mol. The molecule has 1 rings (SSSR count). The van der Waals surface area contributed by atoms with E-state index in [0.717, 1.165) is 17.7 Å². The molecule has 1 atom stereocenters. The van der Waals surface area contributed by atoms with Crippen LogP contribution in [0.15, 0.2) is 35.9 Å². The van der Waals surface area contributed by atoms with Crippen molar-refractivity contribution in [3.05, 3.63) is 47.0 Å². The van der Waals surface area contributed by atoms with Crippen molar-refractivity contribution >= 4 is 5.91 Å². The number of alkyl halides is 3. The zero-order valence-corrected chi connectivity index (χ0v) is 13.1. The van der Waals surface area contributed by atoms with E-state index >= 15 is 0 Å². The van der Waals surface area contributed by atoms with Gasteiger partial charge in [0.1, 0.15) is 6.10 Å². The number of hydrogen-bond donors (Lipinski definition) is 2. The highest BCUT2D eigenvalue weighted by Gasteiger charge is 2.30. The molecule has 0 saturated carbocycles. The van der Waals surface area contributed by atoms with Gasteiger partial charge in [0.15, 0.2) is 0 Å². The fourth-order valence-corrected chi connectivity index (χ4v) is 1.99. The number of benzene rings is 1. The summed E-state index contributed by atoms with van der Waals surface area (Å²) in [6.45, 7) is 2.51. The van der Waals surface area contributed by atoms with Gasteiger partial charge >= 0.3 is 6.18 Å². The van der Waals surface area contributed by atoms with Crippen LogP contribution in [0.5, 0.6) is 0 Å². The van der Waals surface area contributed by atoms with Crippen LogP contribution in [0, 0.1) is 0 Å². The minimum atomic E-state index is -4.41. The number of amides is 1. The molecule has 0 bridgehead atoms. The predicted octanol–water partition coefficient (Wildman–Crippen LogP) is 2.28. The largest absolute Gasteiger partial charge is 0.416 e. The molecule has 0 radical (unpaired) electrons. The Morgan fingerprint density at radius 2 is 2.13 bits per heavy atom. The molecule has 4 nitrogen and oxygen atoms in total. The minimum Gasteiger partial charge on any atom is -0.371 e. The lowest BCUT2D eigenvalue weighted by Crippen LogP contribution is -2.38. The van der Waals surface area contributed by atoms with Crippen LogP contribution < -0.4 is 11.1 Å². The van der Waals surface area contributed by atoms with Gasteiger partial charge in [0.2, 0.25) is 5.91 Å². The maximum absolute atomic E-state index is 12.7. The number of nitrogens with one attached hydrogen (secondary N) is 1. The van der Waals surface area contributed by atoms with Crippen molar-refractivity contribution < 1.29 is 22.7 Å². The molecule has 23 heavy (non-hydrogen) atoms. The van der Waals surface area contributed by atoms with Gasteiger partial charge in [0.25, 0.3) is 0 Å². The third-order valence-corrected chi connectivity index (χ3v) is 3.26. The van der Waals surface area contributed by atoms with Crippen molar-refractivity contribution in [1.29, 1.82) is 0 Å². The van der Waals surface area contributed by atoms with Crippen molar-refractivity contribution in [3.63, 3.8) is 0 Å². The van der Waals surface area contributed by atoms with E-state index < -0.39 is 17.8 Å². The number of nitrogens with two attached hydrogens (primary N) is 1. The molecule has 0 aromatic heterocycles. The molecule has 7 heteroatoms. The van der Waals surface area contributed by atoms with E-state index in [1.165, 1.54) is 19.2 Å². The van der Waals surface area contributed by atoms with E-state index in [-0.39, 0.29) is 12.3 Å². The van der Waals surface area contributed by atoms with Crippen LogP contribution >= 0.6 is 0 Å². The van der Waals surface area contributed by atoms with Crippen molar-refractivity contribution in [2.45, 2.75) is 25.6 Å². The molecule has 0 heterocycles. The Kier molecular flexibility index (Phi) is 7.25. The molecule has 1 aromatic rings. The van der Waals surface area contributed by atoms with Crippen molar-refractivity contribution in [2.24, 2.45) is 5.73 Å². The van der Waals surface area contributed by atoms with Gasteiger partial charge in [-0.05, 0) is 18.6 Å². The standard InChI is InChI=1S/C16H21F3N2O2/c1-11(6-7-20)10-21-15(22)14(23-2)9-12-4-3-5-13(8-12)16(17,18)19/h3-6,8,14H,7,9-10,20H2,1-2H3,(H,21,22)/b11-6+/t14-/m0/s1. The zero-order chi connectivity index (χ0) is 17.5. The topological polar surface area (TPSA) is 64.3 Å². The van der Waals surface area contributed by atoms with Gasteiger partial charge in [-0.25, -0.2) is 0 Å². The zero-order valence-electron chi connectivity index (χ0n) is 13.1. The highest BCUT2D eigenvalue weighted by Crippen LogP contribution is 2.29. The lowest BCUT2D eigenvalue weighted by molar-refractivity contribution is -0.137. The molecule has 0 spiro atoms. The molecule has 1 aromatic carbocycles. The summed E-state index contributed by atoms with van der Waals surface area (Å²) in [5.41, 5.74) is 5.91. The average molecular weight is 330 g/mol. The second-order valence-corrected chi connectivity index (χ2v) is 5.13. The van der Waals surface area contributed by atoms with Crippen LogP contribution in [-0.4, -0.2) is 32.2 Å². The Morgan fingerprint density at radius 3 is 2.70 bits per heavy atom. The summed E-state index contributed by atoms with van der Waals surface area (Å²) < 4.78 is 43.2. The van der Waals surface area contributed by atoms with Crippen LogP contribution in [0.4, 0.5) is 13.2 Å². The van der Waals surface area contributed by atoms with Crippen LogP contribution in [0.3, 0.4) is 0 Å². The van der Waals surface area contributed by atoms with Crippen molar-refractivity contribution in [3.8, 4) is 0 Å². The highest BCUT2D eigenvalue weighted by molar-refractivity contribution is 5.81. The van der Waals surface area contributed by atoms with E-state index in [9.17, 15) is 18.0 Å². The molecule has 0 aliphatic carbocycles. The number of halogens is 3. The summed E-state index contributed by atoms with van der Waals surface area (Å²) >= 11 is 0. The summed E-state index contributed by atoms with van der Waals surface area (Å²) in [5, 5.41) is 2.67. The van der Waals surface area contributed by atoms with Gasteiger partial charge in [-0.3, -0.25) is 4.79 Å². The molecule has 0 fully saturated rings. The molecule has 0 aliphatic rings. The van der Waals surface area contributed by atoms with Crippen molar-refractivity contribution in [1.82, 2.24) is 5.32 Å². The molecule has 0 unspecified atom stereocenters. The Balaban J connectivity index is 2.72. The van der Waals surface area contributed by atoms with Gasteiger partial charge < -0.3 is 15.8 Å². The fraction of sp³-hybridized carbons (Fsp3) is 0.438. The van der Waals surface area contributed by atoms with Gasteiger partial charge in [0.05, 0.1) is 5.56 Å². The fourth-order valence-electron chi connectivity index (χ4n) is 1.99. The van der Waals surface area contributed by atoms with Gasteiger partial charge in [-0.2, -0.15) is 13.2 Å². The summed E-state index contributed by atoms with van der Waals surface area (Å²) in [5.74, 6) is -0.380. The lowest BCUT2D eigenvalue weighted by atomic mass is 10.0. The van der Waals surface area contributed by atoms with Crippen LogP contribution in [-0.2, 0) is 22.1 Å². The molecule has 1 amide bonds. The number of carbonyl (C=O) groups is 1. The third-order valence-electron chi connectivity index (χ3n) is 3.26. The Hall–Kier alpha value is -1.86. The lowest BCUT2D eigenvalue weighted by Gasteiger charge is -2.16. The first kappa shape index (κ1) is 19.2. The van der Waals surface area contributed by atoms with E-state index in [1.54, 1.807) is 6.08 Å². The number of methoxy groups -OCH3 is 1. The first-order valence-electron chi connectivity index (χ1n) is 7.10. The molecular formula is C16H21F3N2O2. The van der Waals surface area contributed by atoms with E-state index in [0.29, 0.717) is 18.7 Å². The Morgan fingerprint density at radius 1 is 1.43 bits per heavy atom. The number of carbonyl (C=O) groups excluding carboxylic acids is 1. The van der Waals surface area contributed by atoms with Crippen molar-refractivity contribution in [2.75, 3.05) is 20.2 Å². The summed E-state index contributed by atoms with van der Waals surface area (Å²) in [4.78, 5) is 12.1. The van der Waals surface area contributed by atoms with Gasteiger partial charge in [-0.15, -0.1) is 0 Å². The molecular weight excluding hydrogens is 309 g/mol. The Bertz CT molecular complexity index is 557. The van der Waals surface area contributed by atoms with E-state index in [4.69, 9.17) is 10.5 Å². The van der Waals surface area contributed by atoms with Crippen LogP contribution in [0.2, 0.25) is 0 Å². The number of hydrogen-bond acceptors (Lipinski definition) is 3. The minimum absolute atomic E-state index is 0.0614. The average Bonchev–Trinajstić information content (AvgIpc) is 2.50. The van der Waals surface area contributed by atoms with E-state index in [2.05, 4.69) is 5.32 Å². The first-order chi connectivity index (χ1) is 10.8. The smallest absolute Gasteiger partial charge is 0.371 e. The Labute approximate surface area is 133 Å². The summed E-state index contributed by atoms with van der Waals surface area (Å²) in [6.07, 6.45) is -3.43. The molecule has 3 N–H and O–H groups in total. The van der Waals surface area contributed by atoms with Gasteiger partial charge in [-0.1, -0.05) is 29.8 Å². The quantitative estimate of drug-likeness (QED) is 0.754. The molecule has 128 valence electrons. The normalized spacial score (nSPS) is 13.7. The maximum Gasteiger partial charge on any atom is 0.416 e.